The number of ether oxygens (including phenoxy) is 1. The zero-order valence-electron chi connectivity index (χ0n) is 8.46. The smallest absolute Gasteiger partial charge is 0.409 e. The molecule has 3 nitrogen and oxygen atoms in total. The number of carbonyl (C=O) groups is 1. The van der Waals surface area contributed by atoms with Crippen LogP contribution in [-0.4, -0.2) is 31.2 Å². The van der Waals surface area contributed by atoms with E-state index in [9.17, 15) is 4.79 Å². The summed E-state index contributed by atoms with van der Waals surface area (Å²) in [6, 6.07) is 0. The lowest BCUT2D eigenvalue weighted by Gasteiger charge is -2.12. The van der Waals surface area contributed by atoms with Gasteiger partial charge in [0.1, 0.15) is 6.61 Å². The Morgan fingerprint density at radius 1 is 1.58 bits per heavy atom. The molecule has 0 fully saturated rings. The van der Waals surface area contributed by atoms with Crippen molar-refractivity contribution in [3.05, 3.63) is 12.7 Å². The Balaban J connectivity index is 0. The van der Waals surface area contributed by atoms with Crippen LogP contribution in [0.2, 0.25) is 0 Å². The Morgan fingerprint density at radius 3 is 2.42 bits per heavy atom. The van der Waals surface area contributed by atoms with Gasteiger partial charge in [0.25, 0.3) is 0 Å². The van der Waals surface area contributed by atoms with Crippen molar-refractivity contribution in [2.75, 3.05) is 20.2 Å². The summed E-state index contributed by atoms with van der Waals surface area (Å²) in [5.74, 6) is 0. The van der Waals surface area contributed by atoms with Crippen LogP contribution in [0, 0.1) is 0 Å². The third kappa shape index (κ3) is 7.12. The molecule has 1 amide bonds. The molecule has 0 aliphatic carbocycles. The molecule has 0 unspecified atom stereocenters. The molecule has 0 aromatic rings. The van der Waals surface area contributed by atoms with Crippen molar-refractivity contribution < 1.29 is 9.53 Å². The number of hydrogen-bond acceptors (Lipinski definition) is 2. The van der Waals surface area contributed by atoms with E-state index in [2.05, 4.69) is 6.58 Å². The molecule has 0 radical (unpaired) electrons. The lowest BCUT2D eigenvalue weighted by Crippen LogP contribution is -2.26. The van der Waals surface area contributed by atoms with Gasteiger partial charge in [0.15, 0.2) is 0 Å². The molecule has 0 rings (SSSR count). The Kier molecular flexibility index (Phi) is 11.3. The van der Waals surface area contributed by atoms with E-state index in [4.69, 9.17) is 4.74 Å². The molecular formula is C9H19NO2. The van der Waals surface area contributed by atoms with Gasteiger partial charge < -0.3 is 9.64 Å². The van der Waals surface area contributed by atoms with Crippen molar-refractivity contribution in [1.29, 1.82) is 0 Å². The molecule has 72 valence electrons. The van der Waals surface area contributed by atoms with Crippen LogP contribution in [0.3, 0.4) is 0 Å². The van der Waals surface area contributed by atoms with Gasteiger partial charge in [0, 0.05) is 13.6 Å². The van der Waals surface area contributed by atoms with Crippen LogP contribution in [0.25, 0.3) is 0 Å². The van der Waals surface area contributed by atoms with Crippen LogP contribution in [0.4, 0.5) is 4.79 Å². The topological polar surface area (TPSA) is 29.5 Å². The Hall–Kier alpha value is -0.990. The minimum absolute atomic E-state index is 0.281. The summed E-state index contributed by atoms with van der Waals surface area (Å²) in [6.07, 6.45) is 1.24. The van der Waals surface area contributed by atoms with Crippen molar-refractivity contribution >= 4 is 6.09 Å². The summed E-state index contributed by atoms with van der Waals surface area (Å²) in [5, 5.41) is 0. The summed E-state index contributed by atoms with van der Waals surface area (Å²) in [6.45, 7) is 10.2. The second-order valence-electron chi connectivity index (χ2n) is 1.88. The fourth-order valence-corrected chi connectivity index (χ4v) is 0.370. The third-order valence-corrected chi connectivity index (χ3v) is 1.11. The maximum atomic E-state index is 10.8. The first kappa shape index (κ1) is 13.6. The summed E-state index contributed by atoms with van der Waals surface area (Å²) in [7, 11) is 1.69. The molecule has 3 heteroatoms. The lowest BCUT2D eigenvalue weighted by atomic mass is 10.6. The first-order valence-corrected chi connectivity index (χ1v) is 4.21. The van der Waals surface area contributed by atoms with Crippen molar-refractivity contribution in [2.45, 2.75) is 20.8 Å². The molecule has 0 aromatic carbocycles. The minimum Gasteiger partial charge on any atom is -0.445 e. The van der Waals surface area contributed by atoms with E-state index >= 15 is 0 Å². The van der Waals surface area contributed by atoms with Crippen molar-refractivity contribution in [3.8, 4) is 0 Å². The molecule has 0 heterocycles. The van der Waals surface area contributed by atoms with Crippen LogP contribution >= 0.6 is 0 Å². The highest BCUT2D eigenvalue weighted by atomic mass is 16.6. The van der Waals surface area contributed by atoms with Gasteiger partial charge in [0.05, 0.1) is 0 Å². The number of amides is 1. The number of rotatable bonds is 3. The molecule has 0 aliphatic heterocycles. The molecule has 0 aromatic heterocycles. The highest BCUT2D eigenvalue weighted by molar-refractivity contribution is 5.67. The van der Waals surface area contributed by atoms with Gasteiger partial charge in [-0.25, -0.2) is 4.79 Å². The quantitative estimate of drug-likeness (QED) is 0.613. The number of nitrogens with zero attached hydrogens (tertiary/aromatic N) is 1. The van der Waals surface area contributed by atoms with Crippen LogP contribution in [-0.2, 0) is 4.74 Å². The van der Waals surface area contributed by atoms with Crippen molar-refractivity contribution in [3.63, 3.8) is 0 Å². The van der Waals surface area contributed by atoms with Crippen LogP contribution in [0.15, 0.2) is 12.7 Å². The maximum absolute atomic E-state index is 10.8. The van der Waals surface area contributed by atoms with E-state index < -0.39 is 0 Å². The fraction of sp³-hybridized carbons (Fsp3) is 0.667. The van der Waals surface area contributed by atoms with Crippen LogP contribution in [0.5, 0.6) is 0 Å². The predicted octanol–water partition coefficient (Wildman–Crippen LogP) is 2.29. The van der Waals surface area contributed by atoms with E-state index in [1.54, 1.807) is 13.1 Å². The van der Waals surface area contributed by atoms with Gasteiger partial charge in [-0.3, -0.25) is 0 Å². The number of carbonyl (C=O) groups excluding carboxylic acids is 1. The van der Waals surface area contributed by atoms with E-state index in [-0.39, 0.29) is 12.7 Å². The summed E-state index contributed by atoms with van der Waals surface area (Å²) < 4.78 is 4.71. The van der Waals surface area contributed by atoms with E-state index in [1.807, 2.05) is 20.8 Å². The molecule has 12 heavy (non-hydrogen) atoms. The van der Waals surface area contributed by atoms with Gasteiger partial charge in [-0.05, 0) is 6.92 Å². The van der Waals surface area contributed by atoms with Crippen LogP contribution < -0.4 is 0 Å². The highest BCUT2D eigenvalue weighted by Gasteiger charge is 2.04. The van der Waals surface area contributed by atoms with E-state index in [0.717, 1.165) is 0 Å². The SMILES string of the molecule is C=CCOC(=O)N(C)CC.CC. The molecule has 0 bridgehead atoms. The fourth-order valence-electron chi connectivity index (χ4n) is 0.370. The largest absolute Gasteiger partial charge is 0.445 e. The monoisotopic (exact) mass is 173 g/mol. The molecule has 0 atom stereocenters. The normalized spacial score (nSPS) is 7.67. The maximum Gasteiger partial charge on any atom is 0.409 e. The molecule has 0 spiro atoms. The first-order valence-electron chi connectivity index (χ1n) is 4.21. The van der Waals surface area contributed by atoms with Crippen LogP contribution in [0.1, 0.15) is 20.8 Å². The molecule has 0 saturated heterocycles. The molecular weight excluding hydrogens is 154 g/mol. The lowest BCUT2D eigenvalue weighted by molar-refractivity contribution is 0.123. The zero-order valence-corrected chi connectivity index (χ0v) is 8.46. The first-order chi connectivity index (χ1) is 5.72. The van der Waals surface area contributed by atoms with Crippen molar-refractivity contribution in [1.82, 2.24) is 4.90 Å². The van der Waals surface area contributed by atoms with E-state index in [0.29, 0.717) is 6.54 Å². The standard InChI is InChI=1S/C7H13NO2.C2H6/c1-4-6-10-7(9)8(3)5-2;1-2/h4H,1,5-6H2,2-3H3;1-2H3. The third-order valence-electron chi connectivity index (χ3n) is 1.11. The predicted molar refractivity (Wildman–Crippen MR) is 51.2 cm³/mol. The van der Waals surface area contributed by atoms with Gasteiger partial charge in [-0.15, -0.1) is 0 Å². The summed E-state index contributed by atoms with van der Waals surface area (Å²) >= 11 is 0. The van der Waals surface area contributed by atoms with Gasteiger partial charge in [-0.2, -0.15) is 0 Å². The average molecular weight is 173 g/mol. The van der Waals surface area contributed by atoms with Gasteiger partial charge >= 0.3 is 6.09 Å². The van der Waals surface area contributed by atoms with Gasteiger partial charge in [0.2, 0.25) is 0 Å². The number of hydrogen-bond donors (Lipinski definition) is 0. The highest BCUT2D eigenvalue weighted by Crippen LogP contribution is 1.88. The molecule has 0 saturated carbocycles. The Labute approximate surface area is 75.0 Å². The summed E-state index contributed by atoms with van der Waals surface area (Å²) in [4.78, 5) is 12.3. The second-order valence-corrected chi connectivity index (χ2v) is 1.88. The Morgan fingerprint density at radius 2 is 2.08 bits per heavy atom. The summed E-state index contributed by atoms with van der Waals surface area (Å²) in [5.41, 5.74) is 0. The van der Waals surface area contributed by atoms with Gasteiger partial charge in [-0.1, -0.05) is 26.5 Å². The van der Waals surface area contributed by atoms with E-state index in [1.165, 1.54) is 4.90 Å². The zero-order chi connectivity index (χ0) is 9.98. The molecule has 0 N–H and O–H groups in total. The second kappa shape index (κ2) is 10.0. The average Bonchev–Trinajstić information content (AvgIpc) is 2.16. The van der Waals surface area contributed by atoms with Crippen molar-refractivity contribution in [2.24, 2.45) is 0 Å². The minimum atomic E-state index is -0.303. The Bertz CT molecular complexity index is 124. The molecule has 0 aliphatic rings.